The predicted octanol–water partition coefficient (Wildman–Crippen LogP) is 2.57. The molecule has 0 bridgehead atoms. The molecule has 1 heterocycles. The van der Waals surface area contributed by atoms with E-state index in [0.717, 1.165) is 35.8 Å². The predicted molar refractivity (Wildman–Crippen MR) is 104 cm³/mol. The SMILES string of the molecule is COc1cccc(COCC(=O)N2CCN(c3cccc(OC)c3)CC2)c1. The Kier molecular flexibility index (Phi) is 6.54. The monoisotopic (exact) mass is 370 g/mol. The van der Waals surface area contributed by atoms with Crippen LogP contribution in [-0.4, -0.2) is 57.8 Å². The van der Waals surface area contributed by atoms with E-state index in [-0.39, 0.29) is 12.5 Å². The summed E-state index contributed by atoms with van der Waals surface area (Å²) < 4.78 is 16.1. The Morgan fingerprint density at radius 1 is 0.926 bits per heavy atom. The molecular formula is C21H26N2O4. The highest BCUT2D eigenvalue weighted by atomic mass is 16.5. The molecule has 0 N–H and O–H groups in total. The third kappa shape index (κ3) is 5.14. The van der Waals surface area contributed by atoms with E-state index in [0.29, 0.717) is 19.7 Å². The fourth-order valence-electron chi connectivity index (χ4n) is 3.13. The van der Waals surface area contributed by atoms with E-state index in [4.69, 9.17) is 14.2 Å². The van der Waals surface area contributed by atoms with Crippen molar-refractivity contribution in [1.82, 2.24) is 4.90 Å². The van der Waals surface area contributed by atoms with E-state index >= 15 is 0 Å². The van der Waals surface area contributed by atoms with Gasteiger partial charge in [0.05, 0.1) is 20.8 Å². The summed E-state index contributed by atoms with van der Waals surface area (Å²) in [6.45, 7) is 3.48. The summed E-state index contributed by atoms with van der Waals surface area (Å²) in [4.78, 5) is 16.5. The van der Waals surface area contributed by atoms with Gasteiger partial charge in [-0.05, 0) is 29.8 Å². The molecule has 6 heteroatoms. The zero-order chi connectivity index (χ0) is 19.1. The molecule has 27 heavy (non-hydrogen) atoms. The molecule has 1 aliphatic heterocycles. The van der Waals surface area contributed by atoms with Crippen LogP contribution in [0.3, 0.4) is 0 Å². The molecule has 1 amide bonds. The number of amides is 1. The van der Waals surface area contributed by atoms with Crippen LogP contribution < -0.4 is 14.4 Å². The molecular weight excluding hydrogens is 344 g/mol. The molecule has 0 aromatic heterocycles. The van der Waals surface area contributed by atoms with Gasteiger partial charge in [0.1, 0.15) is 18.1 Å². The molecule has 1 aliphatic rings. The first kappa shape index (κ1) is 19.0. The molecule has 1 fully saturated rings. The van der Waals surface area contributed by atoms with Crippen LogP contribution in [0.1, 0.15) is 5.56 Å². The standard InChI is InChI=1S/C21H26N2O4/c1-25-19-7-3-5-17(13-19)15-27-16-21(24)23-11-9-22(10-12-23)18-6-4-8-20(14-18)26-2/h3-8,13-14H,9-12,15-16H2,1-2H3. The smallest absolute Gasteiger partial charge is 0.248 e. The lowest BCUT2D eigenvalue weighted by Gasteiger charge is -2.36. The summed E-state index contributed by atoms with van der Waals surface area (Å²) in [5.74, 6) is 1.66. The normalized spacial score (nSPS) is 14.1. The first-order valence-electron chi connectivity index (χ1n) is 9.07. The minimum Gasteiger partial charge on any atom is -0.497 e. The van der Waals surface area contributed by atoms with Gasteiger partial charge in [-0.3, -0.25) is 4.79 Å². The lowest BCUT2D eigenvalue weighted by Crippen LogP contribution is -2.49. The third-order valence-electron chi connectivity index (χ3n) is 4.68. The zero-order valence-corrected chi connectivity index (χ0v) is 15.9. The number of nitrogens with zero attached hydrogens (tertiary/aromatic N) is 2. The number of methoxy groups -OCH3 is 2. The Morgan fingerprint density at radius 3 is 2.30 bits per heavy atom. The van der Waals surface area contributed by atoms with Crippen LogP contribution >= 0.6 is 0 Å². The van der Waals surface area contributed by atoms with Crippen LogP contribution in [0.25, 0.3) is 0 Å². The van der Waals surface area contributed by atoms with E-state index in [1.165, 1.54) is 0 Å². The Balaban J connectivity index is 1.44. The molecule has 144 valence electrons. The van der Waals surface area contributed by atoms with E-state index in [1.54, 1.807) is 14.2 Å². The van der Waals surface area contributed by atoms with Crippen molar-refractivity contribution < 1.29 is 19.0 Å². The van der Waals surface area contributed by atoms with Gasteiger partial charge in [-0.15, -0.1) is 0 Å². The second-order valence-electron chi connectivity index (χ2n) is 6.41. The van der Waals surface area contributed by atoms with Crippen molar-refractivity contribution >= 4 is 11.6 Å². The topological polar surface area (TPSA) is 51.2 Å². The third-order valence-corrected chi connectivity index (χ3v) is 4.68. The maximum absolute atomic E-state index is 12.4. The summed E-state index contributed by atoms with van der Waals surface area (Å²) >= 11 is 0. The van der Waals surface area contributed by atoms with Gasteiger partial charge in [0.15, 0.2) is 0 Å². The number of carbonyl (C=O) groups is 1. The molecule has 1 saturated heterocycles. The van der Waals surface area contributed by atoms with Crippen LogP contribution in [0, 0.1) is 0 Å². The van der Waals surface area contributed by atoms with E-state index < -0.39 is 0 Å². The molecule has 2 aromatic carbocycles. The highest BCUT2D eigenvalue weighted by molar-refractivity contribution is 5.77. The zero-order valence-electron chi connectivity index (χ0n) is 15.9. The lowest BCUT2D eigenvalue weighted by atomic mass is 10.2. The van der Waals surface area contributed by atoms with Crippen LogP contribution in [0.15, 0.2) is 48.5 Å². The summed E-state index contributed by atoms with van der Waals surface area (Å²) in [5, 5.41) is 0. The van der Waals surface area contributed by atoms with Crippen molar-refractivity contribution in [3.8, 4) is 11.5 Å². The number of rotatable bonds is 7. The van der Waals surface area contributed by atoms with Gasteiger partial charge < -0.3 is 24.0 Å². The van der Waals surface area contributed by atoms with E-state index in [2.05, 4.69) is 11.0 Å². The van der Waals surface area contributed by atoms with Crippen molar-refractivity contribution in [3.05, 3.63) is 54.1 Å². The highest BCUT2D eigenvalue weighted by Crippen LogP contribution is 2.22. The lowest BCUT2D eigenvalue weighted by molar-refractivity contribution is -0.136. The minimum atomic E-state index is 0.0307. The summed E-state index contributed by atoms with van der Waals surface area (Å²) in [5.41, 5.74) is 2.11. The van der Waals surface area contributed by atoms with Crippen LogP contribution in [0.4, 0.5) is 5.69 Å². The Hall–Kier alpha value is -2.73. The number of benzene rings is 2. The van der Waals surface area contributed by atoms with Gasteiger partial charge in [-0.1, -0.05) is 18.2 Å². The highest BCUT2D eigenvalue weighted by Gasteiger charge is 2.21. The van der Waals surface area contributed by atoms with Gasteiger partial charge in [0, 0.05) is 37.9 Å². The van der Waals surface area contributed by atoms with Crippen molar-refractivity contribution in [2.24, 2.45) is 0 Å². The quantitative estimate of drug-likeness (QED) is 0.750. The Morgan fingerprint density at radius 2 is 1.59 bits per heavy atom. The van der Waals surface area contributed by atoms with Gasteiger partial charge in [-0.2, -0.15) is 0 Å². The van der Waals surface area contributed by atoms with Gasteiger partial charge >= 0.3 is 0 Å². The Bertz CT molecular complexity index is 757. The van der Waals surface area contributed by atoms with Gasteiger partial charge in [0.2, 0.25) is 5.91 Å². The fraction of sp³-hybridized carbons (Fsp3) is 0.381. The number of hydrogen-bond acceptors (Lipinski definition) is 5. The minimum absolute atomic E-state index is 0.0307. The largest absolute Gasteiger partial charge is 0.497 e. The number of carbonyl (C=O) groups excluding carboxylic acids is 1. The first-order chi connectivity index (χ1) is 13.2. The summed E-state index contributed by atoms with van der Waals surface area (Å²) in [6, 6.07) is 15.7. The maximum Gasteiger partial charge on any atom is 0.248 e. The van der Waals surface area contributed by atoms with Crippen LogP contribution in [0.5, 0.6) is 11.5 Å². The molecule has 0 radical (unpaired) electrons. The van der Waals surface area contributed by atoms with Crippen molar-refractivity contribution in [1.29, 1.82) is 0 Å². The molecule has 3 rings (SSSR count). The second-order valence-corrected chi connectivity index (χ2v) is 6.41. The average Bonchev–Trinajstić information content (AvgIpc) is 2.74. The maximum atomic E-state index is 12.4. The van der Waals surface area contributed by atoms with E-state index in [1.807, 2.05) is 47.4 Å². The summed E-state index contributed by atoms with van der Waals surface area (Å²) in [7, 11) is 3.30. The van der Waals surface area contributed by atoms with E-state index in [9.17, 15) is 4.79 Å². The van der Waals surface area contributed by atoms with Crippen molar-refractivity contribution in [2.75, 3.05) is 51.9 Å². The molecule has 0 atom stereocenters. The molecule has 0 aliphatic carbocycles. The molecule has 6 nitrogen and oxygen atoms in total. The molecule has 2 aromatic rings. The molecule has 0 unspecified atom stereocenters. The van der Waals surface area contributed by atoms with Crippen molar-refractivity contribution in [3.63, 3.8) is 0 Å². The average molecular weight is 370 g/mol. The number of anilines is 1. The van der Waals surface area contributed by atoms with Crippen molar-refractivity contribution in [2.45, 2.75) is 6.61 Å². The van der Waals surface area contributed by atoms with Gasteiger partial charge in [0.25, 0.3) is 0 Å². The first-order valence-corrected chi connectivity index (χ1v) is 9.07. The number of piperazine rings is 1. The van der Waals surface area contributed by atoms with Crippen LogP contribution in [-0.2, 0) is 16.1 Å². The summed E-state index contributed by atoms with van der Waals surface area (Å²) in [6.07, 6.45) is 0. The number of ether oxygens (including phenoxy) is 3. The molecule has 0 saturated carbocycles. The fourth-order valence-corrected chi connectivity index (χ4v) is 3.13. The number of hydrogen-bond donors (Lipinski definition) is 0. The molecule has 0 spiro atoms. The second kappa shape index (κ2) is 9.28. The van der Waals surface area contributed by atoms with Gasteiger partial charge in [-0.25, -0.2) is 0 Å². The van der Waals surface area contributed by atoms with Crippen LogP contribution in [0.2, 0.25) is 0 Å². The Labute approximate surface area is 160 Å².